The van der Waals surface area contributed by atoms with Gasteiger partial charge in [0, 0.05) is 42.7 Å². The Morgan fingerprint density at radius 3 is 1.78 bits per heavy atom. The number of hydrogen-bond donors (Lipinski definition) is 0. The number of rotatable bonds is 6. The third-order valence-corrected chi connectivity index (χ3v) is 13.1. The zero-order chi connectivity index (χ0) is 37.5. The van der Waals surface area contributed by atoms with E-state index in [1.165, 1.54) is 97.9 Å². The molecule has 0 atom stereocenters. The van der Waals surface area contributed by atoms with E-state index in [0.717, 1.165) is 0 Å². The van der Waals surface area contributed by atoms with E-state index >= 15 is 0 Å². The van der Waals surface area contributed by atoms with Gasteiger partial charge < -0.3 is 9.13 Å². The maximum absolute atomic E-state index is 2.52. The second-order valence-corrected chi connectivity index (χ2v) is 17.4. The first-order valence-corrected chi connectivity index (χ1v) is 20.7. The molecule has 55 heavy (non-hydrogen) atoms. The van der Waals surface area contributed by atoms with E-state index in [4.69, 9.17) is 0 Å². The minimum absolute atomic E-state index is 0.129. The monoisotopic (exact) mass is 728 g/mol. The summed E-state index contributed by atoms with van der Waals surface area (Å²) in [7, 11) is 0. The maximum Gasteiger partial charge on any atom is 0.244 e. The molecule has 0 aliphatic carbocycles. The third kappa shape index (κ3) is 5.25. The minimum Gasteiger partial charge on any atom is -0.309 e. The van der Waals surface area contributed by atoms with Crippen LogP contribution in [0.2, 0.25) is 0 Å². The van der Waals surface area contributed by atoms with Crippen LogP contribution in [0.3, 0.4) is 0 Å². The molecule has 0 amide bonds. The largest absolute Gasteiger partial charge is 0.309 e. The molecule has 268 valence electrons. The number of fused-ring (bicyclic) bond motifs is 9. The molecule has 1 aliphatic rings. The summed E-state index contributed by atoms with van der Waals surface area (Å²) in [4.78, 5) is 2.70. The second-order valence-electron chi connectivity index (χ2n) is 16.3. The van der Waals surface area contributed by atoms with E-state index < -0.39 is 0 Å². The Kier molecular flexibility index (Phi) is 8.12. The summed E-state index contributed by atoms with van der Waals surface area (Å²) in [6, 6.07) is 54.9. The van der Waals surface area contributed by atoms with E-state index in [0.29, 0.717) is 17.8 Å². The average molecular weight is 729 g/mol. The molecule has 10 rings (SSSR count). The van der Waals surface area contributed by atoms with Gasteiger partial charge in [-0.25, -0.2) is 0 Å². The van der Waals surface area contributed by atoms with E-state index in [-0.39, 0.29) is 6.71 Å². The number of nitrogens with zero attached hydrogens (tertiary/aromatic N) is 2. The first kappa shape index (κ1) is 34.1. The molecule has 0 spiro atoms. The average Bonchev–Trinajstić information content (AvgIpc) is 3.72. The molecule has 2 nitrogen and oxygen atoms in total. The second kappa shape index (κ2) is 13.1. The van der Waals surface area contributed by atoms with Crippen LogP contribution in [0.4, 0.5) is 0 Å². The summed E-state index contributed by atoms with van der Waals surface area (Å²) in [6.45, 7) is 14.3. The van der Waals surface area contributed by atoms with Gasteiger partial charge in [0.05, 0.1) is 22.1 Å². The summed E-state index contributed by atoms with van der Waals surface area (Å²) in [5, 5.41) is 5.11. The van der Waals surface area contributed by atoms with Gasteiger partial charge >= 0.3 is 0 Å². The fraction of sp³-hybridized carbons (Fsp3) is 0.176. The lowest BCUT2D eigenvalue weighted by Crippen LogP contribution is -2.57. The maximum atomic E-state index is 2.52. The van der Waals surface area contributed by atoms with Crippen LogP contribution >= 0.6 is 11.8 Å². The predicted molar refractivity (Wildman–Crippen MR) is 239 cm³/mol. The lowest BCUT2D eigenvalue weighted by atomic mass is 9.34. The highest BCUT2D eigenvalue weighted by Gasteiger charge is 2.36. The van der Waals surface area contributed by atoms with Crippen LogP contribution in [0, 0.1) is 0 Å². The molecule has 1 aliphatic heterocycles. The van der Waals surface area contributed by atoms with Crippen molar-refractivity contribution in [2.24, 2.45) is 0 Å². The number of hydrogen-bond acceptors (Lipinski definition) is 1. The zero-order valence-electron chi connectivity index (χ0n) is 32.5. The molecule has 0 N–H and O–H groups in total. The molecule has 9 aromatic rings. The van der Waals surface area contributed by atoms with Gasteiger partial charge in [0.1, 0.15) is 0 Å². The van der Waals surface area contributed by atoms with Crippen LogP contribution < -0.4 is 16.4 Å². The van der Waals surface area contributed by atoms with Crippen molar-refractivity contribution in [3.63, 3.8) is 0 Å². The first-order valence-electron chi connectivity index (χ1n) is 19.9. The first-order chi connectivity index (χ1) is 26.8. The fourth-order valence-corrected chi connectivity index (χ4v) is 10.5. The Labute approximate surface area is 328 Å². The Morgan fingerprint density at radius 2 is 1.07 bits per heavy atom. The van der Waals surface area contributed by atoms with Crippen LogP contribution in [-0.4, -0.2) is 15.8 Å². The lowest BCUT2D eigenvalue weighted by Gasteiger charge is -2.32. The number of benzene rings is 7. The van der Waals surface area contributed by atoms with Crippen molar-refractivity contribution in [2.75, 3.05) is 0 Å². The number of para-hydroxylation sites is 3. The summed E-state index contributed by atoms with van der Waals surface area (Å²) in [6.07, 6.45) is 0. The highest BCUT2D eigenvalue weighted by molar-refractivity contribution is 8.00. The van der Waals surface area contributed by atoms with Gasteiger partial charge in [-0.1, -0.05) is 161 Å². The van der Waals surface area contributed by atoms with Crippen LogP contribution in [0.15, 0.2) is 155 Å². The normalized spacial score (nSPS) is 12.9. The molecule has 0 saturated carbocycles. The van der Waals surface area contributed by atoms with Gasteiger partial charge in [0.15, 0.2) is 0 Å². The van der Waals surface area contributed by atoms with Gasteiger partial charge in [-0.15, -0.1) is 0 Å². The smallest absolute Gasteiger partial charge is 0.244 e. The highest BCUT2D eigenvalue weighted by Crippen LogP contribution is 2.42. The zero-order valence-corrected chi connectivity index (χ0v) is 33.3. The van der Waals surface area contributed by atoms with Gasteiger partial charge in [0.2, 0.25) is 6.71 Å². The molecule has 3 heterocycles. The molecule has 7 aromatic carbocycles. The van der Waals surface area contributed by atoms with Crippen LogP contribution in [-0.2, 0) is 0 Å². The SMILES string of the molecule is CC(C)c1cc(C(C)C)c(B2c3ccccc3Sc3ccc(-n4c5ccccc5c5c4ccc4c6ccccc6n(-c6ccccc6)c45)cc32)c(C(C)C)c1. The van der Waals surface area contributed by atoms with Crippen molar-refractivity contribution in [1.82, 2.24) is 9.13 Å². The van der Waals surface area contributed by atoms with Crippen LogP contribution in [0.5, 0.6) is 0 Å². The van der Waals surface area contributed by atoms with E-state index in [2.05, 4.69) is 196 Å². The van der Waals surface area contributed by atoms with Crippen molar-refractivity contribution >= 4 is 78.5 Å². The molecular weight excluding hydrogens is 683 g/mol. The van der Waals surface area contributed by atoms with Crippen molar-refractivity contribution in [3.05, 3.63) is 162 Å². The molecule has 2 aromatic heterocycles. The van der Waals surface area contributed by atoms with Gasteiger partial charge in [-0.3, -0.25) is 0 Å². The molecular formula is C51H45BN2S. The van der Waals surface area contributed by atoms with Crippen molar-refractivity contribution in [2.45, 2.75) is 69.1 Å². The van der Waals surface area contributed by atoms with E-state index in [1.807, 2.05) is 11.8 Å². The molecule has 0 radical (unpaired) electrons. The molecule has 4 heteroatoms. The van der Waals surface area contributed by atoms with Gasteiger partial charge in [-0.2, -0.15) is 0 Å². The van der Waals surface area contributed by atoms with E-state index in [1.54, 1.807) is 0 Å². The lowest BCUT2D eigenvalue weighted by molar-refractivity contribution is 0.812. The summed E-state index contributed by atoms with van der Waals surface area (Å²) >= 11 is 1.92. The van der Waals surface area contributed by atoms with Crippen molar-refractivity contribution < 1.29 is 0 Å². The Hall–Kier alpha value is -5.45. The molecule has 0 saturated heterocycles. The minimum atomic E-state index is 0.129. The quantitative estimate of drug-likeness (QED) is 0.155. The predicted octanol–water partition coefficient (Wildman–Crippen LogP) is 12.2. The fourth-order valence-electron chi connectivity index (χ4n) is 9.38. The summed E-state index contributed by atoms with van der Waals surface area (Å²) < 4.78 is 5.00. The van der Waals surface area contributed by atoms with Crippen molar-refractivity contribution in [3.8, 4) is 11.4 Å². The molecule has 0 unspecified atom stereocenters. The topological polar surface area (TPSA) is 9.86 Å². The molecule has 0 bridgehead atoms. The third-order valence-electron chi connectivity index (χ3n) is 12.0. The van der Waals surface area contributed by atoms with Crippen molar-refractivity contribution in [1.29, 1.82) is 0 Å². The summed E-state index contributed by atoms with van der Waals surface area (Å²) in [5.74, 6) is 1.27. The Bertz CT molecular complexity index is 2920. The van der Waals surface area contributed by atoms with Crippen LogP contribution in [0.1, 0.15) is 76.0 Å². The number of aromatic nitrogens is 2. The van der Waals surface area contributed by atoms with E-state index in [9.17, 15) is 0 Å². The summed E-state index contributed by atoms with van der Waals surface area (Å²) in [5.41, 5.74) is 16.0. The highest BCUT2D eigenvalue weighted by atomic mass is 32.2. The Morgan fingerprint density at radius 1 is 0.455 bits per heavy atom. The van der Waals surface area contributed by atoms with Gasteiger partial charge in [-0.05, 0) is 89.0 Å². The standard InChI is InChI=1S/C51H45BN2S/c1-31(2)34-28-40(32(3)4)50(41(29-34)33(5)6)52-42-20-12-15-23-47(42)55-48-27-24-36(30-43(48)52)53-45-22-14-11-19-39(45)49-46(53)26-25-38-37-18-10-13-21-44(37)54(51(38)49)35-16-8-7-9-17-35/h7-33H,1-6H3. The van der Waals surface area contributed by atoms with Crippen LogP contribution in [0.25, 0.3) is 55.0 Å². The Balaban J connectivity index is 1.28. The van der Waals surface area contributed by atoms with Gasteiger partial charge in [0.25, 0.3) is 0 Å². The molecule has 0 fully saturated rings.